The van der Waals surface area contributed by atoms with Crippen LogP contribution >= 0.6 is 0 Å². The highest BCUT2D eigenvalue weighted by molar-refractivity contribution is 6.24. The van der Waals surface area contributed by atoms with Crippen LogP contribution in [-0.2, 0) is 40.2 Å². The number of aromatic nitrogens is 2. The van der Waals surface area contributed by atoms with E-state index < -0.39 is 59.8 Å². The Hall–Kier alpha value is -6.38. The minimum absolute atomic E-state index is 0.0451. The third-order valence-electron chi connectivity index (χ3n) is 8.94. The lowest BCUT2D eigenvalue weighted by Gasteiger charge is -2.27. The second-order valence-corrected chi connectivity index (χ2v) is 12.1. The van der Waals surface area contributed by atoms with Crippen molar-refractivity contribution in [2.24, 2.45) is 0 Å². The van der Waals surface area contributed by atoms with Crippen molar-refractivity contribution < 1.29 is 41.9 Å². The molecule has 3 aromatic carbocycles. The van der Waals surface area contributed by atoms with Gasteiger partial charge in [0.25, 0.3) is 17.7 Å². The number of piperidine rings is 1. The van der Waals surface area contributed by atoms with Gasteiger partial charge in [0.15, 0.2) is 0 Å². The van der Waals surface area contributed by atoms with E-state index in [0.717, 1.165) is 33.3 Å². The molecule has 1 fully saturated rings. The first-order valence-electron chi connectivity index (χ1n) is 15.8. The van der Waals surface area contributed by atoms with Gasteiger partial charge in [0, 0.05) is 42.0 Å². The van der Waals surface area contributed by atoms with Crippen molar-refractivity contribution >= 4 is 57.4 Å². The molecule has 7 rings (SSSR count). The van der Waals surface area contributed by atoms with Crippen LogP contribution in [0.15, 0.2) is 79.0 Å². The van der Waals surface area contributed by atoms with Crippen molar-refractivity contribution in [3.63, 3.8) is 0 Å². The number of halogens is 3. The van der Waals surface area contributed by atoms with Crippen LogP contribution in [0.25, 0.3) is 21.9 Å². The van der Waals surface area contributed by atoms with E-state index in [9.17, 15) is 41.9 Å². The minimum Gasteiger partial charge on any atom is -0.350 e. The molecular weight excluding hydrogens is 669 g/mol. The Balaban J connectivity index is 1.02. The molecule has 15 heteroatoms. The first-order valence-corrected chi connectivity index (χ1v) is 15.8. The summed E-state index contributed by atoms with van der Waals surface area (Å²) < 4.78 is 44.2. The molecule has 2 aliphatic rings. The normalized spacial score (nSPS) is 16.1. The molecule has 51 heavy (non-hydrogen) atoms. The molecule has 12 nitrogen and oxygen atoms in total. The van der Waals surface area contributed by atoms with Gasteiger partial charge in [-0.25, -0.2) is 4.98 Å². The number of rotatable bonds is 8. The second-order valence-electron chi connectivity index (χ2n) is 12.1. The van der Waals surface area contributed by atoms with Gasteiger partial charge in [-0.3, -0.25) is 39.0 Å². The summed E-state index contributed by atoms with van der Waals surface area (Å²) >= 11 is 0. The van der Waals surface area contributed by atoms with Gasteiger partial charge in [-0.2, -0.15) is 13.2 Å². The van der Waals surface area contributed by atoms with Gasteiger partial charge < -0.3 is 15.2 Å². The van der Waals surface area contributed by atoms with Crippen molar-refractivity contribution in [3.05, 3.63) is 112 Å². The number of pyridine rings is 1. The number of carbonyl (C=O) groups excluding carboxylic acids is 6. The van der Waals surface area contributed by atoms with Gasteiger partial charge in [-0.15, -0.1) is 0 Å². The van der Waals surface area contributed by atoms with E-state index in [4.69, 9.17) is 0 Å². The first kappa shape index (κ1) is 33.1. The number of para-hydroxylation sites is 1. The van der Waals surface area contributed by atoms with E-state index in [0.29, 0.717) is 5.65 Å². The number of hydrogen-bond donors (Lipinski definition) is 3. The Labute approximate surface area is 286 Å². The summed E-state index contributed by atoms with van der Waals surface area (Å²) in [6.07, 6.45) is -3.27. The monoisotopic (exact) mass is 696 g/mol. The summed E-state index contributed by atoms with van der Waals surface area (Å²) in [5.74, 6) is -4.13. The van der Waals surface area contributed by atoms with Crippen LogP contribution in [0.1, 0.15) is 60.6 Å². The molecule has 3 N–H and O–H groups in total. The highest BCUT2D eigenvalue weighted by Crippen LogP contribution is 2.33. The Morgan fingerprint density at radius 1 is 0.863 bits per heavy atom. The number of fused-ring (bicyclic) bond motifs is 4. The second kappa shape index (κ2) is 12.8. The van der Waals surface area contributed by atoms with Crippen LogP contribution in [0.3, 0.4) is 0 Å². The van der Waals surface area contributed by atoms with E-state index in [2.05, 4.69) is 20.9 Å². The first-order chi connectivity index (χ1) is 24.4. The lowest BCUT2D eigenvalue weighted by molar-refractivity contribution is -0.138. The third-order valence-corrected chi connectivity index (χ3v) is 8.94. The van der Waals surface area contributed by atoms with Crippen molar-refractivity contribution in [1.82, 2.24) is 30.4 Å². The fraction of sp³-hybridized carbons (Fsp3) is 0.194. The number of nitrogens with zero attached hydrogens (tertiary/aromatic N) is 3. The van der Waals surface area contributed by atoms with Crippen molar-refractivity contribution in [2.75, 3.05) is 0 Å². The predicted octanol–water partition coefficient (Wildman–Crippen LogP) is 3.86. The molecule has 5 aromatic rings. The van der Waals surface area contributed by atoms with Crippen LogP contribution in [0.4, 0.5) is 13.2 Å². The molecule has 258 valence electrons. The fourth-order valence-corrected chi connectivity index (χ4v) is 6.47. The van der Waals surface area contributed by atoms with Gasteiger partial charge in [-0.1, -0.05) is 30.3 Å². The summed E-state index contributed by atoms with van der Waals surface area (Å²) in [6, 6.07) is 17.2. The molecule has 1 saturated heterocycles. The molecule has 0 aliphatic carbocycles. The van der Waals surface area contributed by atoms with Crippen molar-refractivity contribution in [2.45, 2.75) is 44.7 Å². The summed E-state index contributed by atoms with van der Waals surface area (Å²) in [5.41, 5.74) is 0.0635. The summed E-state index contributed by atoms with van der Waals surface area (Å²) in [6.45, 7) is -0.807. The van der Waals surface area contributed by atoms with E-state index in [-0.39, 0.29) is 53.7 Å². The molecule has 1 unspecified atom stereocenters. The Morgan fingerprint density at radius 3 is 2.41 bits per heavy atom. The zero-order chi connectivity index (χ0) is 36.0. The van der Waals surface area contributed by atoms with Crippen LogP contribution in [0, 0.1) is 0 Å². The van der Waals surface area contributed by atoms with Gasteiger partial charge in [0.05, 0.1) is 22.2 Å². The molecule has 0 spiro atoms. The fourth-order valence-electron chi connectivity index (χ4n) is 6.47. The van der Waals surface area contributed by atoms with E-state index in [1.54, 1.807) is 16.8 Å². The van der Waals surface area contributed by atoms with Crippen LogP contribution < -0.4 is 16.0 Å². The lowest BCUT2D eigenvalue weighted by atomic mass is 10.0. The van der Waals surface area contributed by atoms with E-state index in [1.807, 2.05) is 30.3 Å². The number of imide groups is 2. The van der Waals surface area contributed by atoms with Gasteiger partial charge in [0.1, 0.15) is 18.2 Å². The predicted molar refractivity (Wildman–Crippen MR) is 175 cm³/mol. The molecule has 2 aliphatic heterocycles. The smallest absolute Gasteiger partial charge is 0.350 e. The maximum absolute atomic E-state index is 14.2. The standard InChI is InChI=1S/C36H27F3N6O6/c37-36(38,39)26-14-19(16-41-30(47)18-44-27-6-2-1-4-22(27)23-5-3-13-40-31(23)44)7-8-21(26)17-42-32(48)20-9-10-24-25(15-20)35(51)45(34(24)50)28-11-12-29(46)43-33(28)49/h1-10,13-15,28H,11-12,16-18H2,(H,41,47)(H,42,48)(H,43,46,49). The number of benzene rings is 3. The summed E-state index contributed by atoms with van der Waals surface area (Å²) in [7, 11) is 0. The number of amides is 6. The Kier molecular flexibility index (Phi) is 8.33. The minimum atomic E-state index is -4.78. The van der Waals surface area contributed by atoms with Crippen LogP contribution in [0.5, 0.6) is 0 Å². The average molecular weight is 697 g/mol. The highest BCUT2D eigenvalue weighted by Gasteiger charge is 2.45. The number of nitrogens with one attached hydrogen (secondary N) is 3. The summed E-state index contributed by atoms with van der Waals surface area (Å²) in [4.78, 5) is 81.0. The molecule has 4 heterocycles. The molecule has 2 aromatic heterocycles. The molecule has 1 atom stereocenters. The number of carbonyl (C=O) groups is 6. The maximum Gasteiger partial charge on any atom is 0.416 e. The molecule has 6 amide bonds. The number of alkyl halides is 3. The van der Waals surface area contributed by atoms with E-state index >= 15 is 0 Å². The lowest BCUT2D eigenvalue weighted by Crippen LogP contribution is -2.54. The van der Waals surface area contributed by atoms with Crippen molar-refractivity contribution in [3.8, 4) is 0 Å². The Morgan fingerprint density at radius 2 is 1.63 bits per heavy atom. The van der Waals surface area contributed by atoms with Crippen LogP contribution in [0.2, 0.25) is 0 Å². The zero-order valence-corrected chi connectivity index (χ0v) is 26.5. The molecule has 0 saturated carbocycles. The van der Waals surface area contributed by atoms with Gasteiger partial charge in [0.2, 0.25) is 17.7 Å². The largest absolute Gasteiger partial charge is 0.416 e. The molecule has 0 bridgehead atoms. The van der Waals surface area contributed by atoms with Gasteiger partial charge in [-0.05, 0) is 60.0 Å². The Bertz CT molecular complexity index is 2260. The third kappa shape index (κ3) is 6.17. The van der Waals surface area contributed by atoms with E-state index in [1.165, 1.54) is 24.3 Å². The van der Waals surface area contributed by atoms with Crippen molar-refractivity contribution in [1.29, 1.82) is 0 Å². The SMILES string of the molecule is O=C(Cn1c2ccccc2c2cccnc21)NCc1ccc(CNC(=O)c2ccc3c(c2)C(=O)N(C2CCC(=O)NC2=O)C3=O)c(C(F)(F)F)c1. The summed E-state index contributed by atoms with van der Waals surface area (Å²) in [5, 5.41) is 8.99. The van der Waals surface area contributed by atoms with Crippen LogP contribution in [-0.4, -0.2) is 55.9 Å². The topological polar surface area (TPSA) is 160 Å². The maximum atomic E-state index is 14.2. The average Bonchev–Trinajstić information content (AvgIpc) is 3.56. The van der Waals surface area contributed by atoms with Gasteiger partial charge >= 0.3 is 6.18 Å². The highest BCUT2D eigenvalue weighted by atomic mass is 19.4. The molecule has 0 radical (unpaired) electrons. The quantitative estimate of drug-likeness (QED) is 0.208. The zero-order valence-electron chi connectivity index (χ0n) is 26.5. The number of hydrogen-bond acceptors (Lipinski definition) is 7. The molecular formula is C36H27F3N6O6.